The Bertz CT molecular complexity index is 925. The van der Waals surface area contributed by atoms with Crippen LogP contribution in [-0.2, 0) is 4.79 Å². The maximum absolute atomic E-state index is 13.0. The minimum atomic E-state index is 0.123. The van der Waals surface area contributed by atoms with E-state index in [0.29, 0.717) is 11.6 Å². The Morgan fingerprint density at radius 2 is 1.93 bits per heavy atom. The van der Waals surface area contributed by atoms with Gasteiger partial charge in [-0.1, -0.05) is 15.9 Å². The van der Waals surface area contributed by atoms with E-state index in [2.05, 4.69) is 28.2 Å². The lowest BCUT2D eigenvalue weighted by Gasteiger charge is -2.60. The van der Waals surface area contributed by atoms with Gasteiger partial charge in [-0.05, 0) is 87.0 Å². The molecule has 29 heavy (non-hydrogen) atoms. The molecule has 4 nitrogen and oxygen atoms in total. The van der Waals surface area contributed by atoms with Gasteiger partial charge in [-0.2, -0.15) is 0 Å². The van der Waals surface area contributed by atoms with E-state index >= 15 is 0 Å². The van der Waals surface area contributed by atoms with Crippen molar-refractivity contribution in [3.8, 4) is 17.0 Å². The van der Waals surface area contributed by atoms with Gasteiger partial charge in [0.25, 0.3) is 0 Å². The van der Waals surface area contributed by atoms with E-state index in [1.807, 2.05) is 24.3 Å². The average Bonchev–Trinajstić information content (AvgIpc) is 2.99. The fourth-order valence-corrected chi connectivity index (χ4v) is 8.88. The Labute approximate surface area is 184 Å². The number of alkyl halides is 1. The highest BCUT2D eigenvalue weighted by Gasteiger charge is 2.57. The van der Waals surface area contributed by atoms with Crippen LogP contribution in [0.3, 0.4) is 0 Å². The monoisotopic (exact) mass is 474 g/mol. The second-order valence-corrected chi connectivity index (χ2v) is 12.4. The second-order valence-electron chi connectivity index (χ2n) is 9.49. The lowest BCUT2D eigenvalue weighted by molar-refractivity contribution is -0.123. The SMILES string of the molecule is COc1ccc(-c2nc(NC(=O)CC34CC5CC(CC(Br)(C5)C3)C4)sc2C)cc1. The molecule has 2 atom stereocenters. The first-order chi connectivity index (χ1) is 13.9. The van der Waals surface area contributed by atoms with Gasteiger partial charge in [0.1, 0.15) is 5.75 Å². The average molecular weight is 475 g/mol. The van der Waals surface area contributed by atoms with E-state index in [9.17, 15) is 4.79 Å². The molecule has 1 aromatic carbocycles. The number of aryl methyl sites for hydroxylation is 1. The molecule has 1 amide bonds. The number of thiazole rings is 1. The third-order valence-corrected chi connectivity index (χ3v) is 8.87. The van der Waals surface area contributed by atoms with E-state index in [-0.39, 0.29) is 15.6 Å². The highest BCUT2D eigenvalue weighted by Crippen LogP contribution is 2.65. The van der Waals surface area contributed by atoms with Crippen molar-refractivity contribution >= 4 is 38.3 Å². The number of benzene rings is 1. The number of ether oxygens (including phenoxy) is 1. The van der Waals surface area contributed by atoms with Crippen LogP contribution >= 0.6 is 27.3 Å². The van der Waals surface area contributed by atoms with Gasteiger partial charge in [0.05, 0.1) is 12.8 Å². The summed E-state index contributed by atoms with van der Waals surface area (Å²) in [7, 11) is 1.66. The van der Waals surface area contributed by atoms with E-state index in [1.165, 1.54) is 32.1 Å². The second kappa shape index (κ2) is 7.09. The molecule has 4 fully saturated rings. The topological polar surface area (TPSA) is 51.2 Å². The molecular weight excluding hydrogens is 448 g/mol. The molecular formula is C23H27BrN2O2S. The fraction of sp³-hybridized carbons (Fsp3) is 0.565. The molecule has 0 radical (unpaired) electrons. The molecule has 0 aliphatic heterocycles. The summed E-state index contributed by atoms with van der Waals surface area (Å²) in [6, 6.07) is 7.90. The number of amides is 1. The maximum Gasteiger partial charge on any atom is 0.226 e. The molecule has 0 saturated heterocycles. The molecule has 154 valence electrons. The van der Waals surface area contributed by atoms with Crippen molar-refractivity contribution in [3.05, 3.63) is 29.1 Å². The first-order valence-electron chi connectivity index (χ1n) is 10.5. The van der Waals surface area contributed by atoms with Crippen LogP contribution in [0.25, 0.3) is 11.3 Å². The highest BCUT2D eigenvalue weighted by molar-refractivity contribution is 9.10. The van der Waals surface area contributed by atoms with Gasteiger partial charge in [-0.25, -0.2) is 4.98 Å². The number of carbonyl (C=O) groups excluding carboxylic acids is 1. The van der Waals surface area contributed by atoms with Gasteiger partial charge in [0, 0.05) is 21.2 Å². The molecule has 1 heterocycles. The predicted octanol–water partition coefficient (Wildman–Crippen LogP) is 6.19. The number of nitrogens with one attached hydrogen (secondary N) is 1. The van der Waals surface area contributed by atoms with Gasteiger partial charge in [-0.15, -0.1) is 11.3 Å². The minimum absolute atomic E-state index is 0.123. The summed E-state index contributed by atoms with van der Waals surface area (Å²) in [6.07, 6.45) is 8.18. The maximum atomic E-state index is 13.0. The normalized spacial score (nSPS) is 32.4. The van der Waals surface area contributed by atoms with E-state index in [4.69, 9.17) is 9.72 Å². The number of hydrogen-bond acceptors (Lipinski definition) is 4. The zero-order chi connectivity index (χ0) is 20.2. The van der Waals surface area contributed by atoms with Crippen molar-refractivity contribution in [1.82, 2.24) is 4.98 Å². The van der Waals surface area contributed by atoms with E-state index < -0.39 is 0 Å². The number of halogens is 1. The molecule has 0 spiro atoms. The summed E-state index contributed by atoms with van der Waals surface area (Å²) in [6.45, 7) is 2.06. The van der Waals surface area contributed by atoms with Crippen LogP contribution in [0.5, 0.6) is 5.75 Å². The summed E-state index contributed by atoms with van der Waals surface area (Å²) < 4.78 is 5.53. The van der Waals surface area contributed by atoms with Gasteiger partial charge >= 0.3 is 0 Å². The summed E-state index contributed by atoms with van der Waals surface area (Å²) >= 11 is 5.60. The van der Waals surface area contributed by atoms with Crippen molar-refractivity contribution in [1.29, 1.82) is 0 Å². The Balaban J connectivity index is 1.29. The number of anilines is 1. The first-order valence-corrected chi connectivity index (χ1v) is 12.1. The quantitative estimate of drug-likeness (QED) is 0.525. The third-order valence-electron chi connectivity index (χ3n) is 7.05. The Hall–Kier alpha value is -1.40. The van der Waals surface area contributed by atoms with Crippen molar-refractivity contribution in [3.63, 3.8) is 0 Å². The van der Waals surface area contributed by atoms with Gasteiger partial charge in [0.15, 0.2) is 5.13 Å². The lowest BCUT2D eigenvalue weighted by Crippen LogP contribution is -2.53. The standard InChI is InChI=1S/C23H27BrN2O2S/c1-14-20(17-3-5-18(28-2)6-4-17)26-21(29-14)25-19(27)12-22-8-15-7-16(9-22)11-23(24,10-15)13-22/h3-6,15-16H,7-13H2,1-2H3,(H,25,26,27). The number of methoxy groups -OCH3 is 1. The summed E-state index contributed by atoms with van der Waals surface area (Å²) in [5.41, 5.74) is 2.16. The van der Waals surface area contributed by atoms with Crippen LogP contribution in [-0.4, -0.2) is 22.3 Å². The minimum Gasteiger partial charge on any atom is -0.497 e. The number of aromatic nitrogens is 1. The number of hydrogen-bond donors (Lipinski definition) is 1. The molecule has 2 aromatic rings. The first kappa shape index (κ1) is 19.6. The van der Waals surface area contributed by atoms with Crippen LogP contribution in [0.4, 0.5) is 5.13 Å². The van der Waals surface area contributed by atoms with Crippen molar-refractivity contribution in [2.75, 3.05) is 12.4 Å². The number of carbonyl (C=O) groups is 1. The smallest absolute Gasteiger partial charge is 0.226 e. The van der Waals surface area contributed by atoms with Crippen LogP contribution in [0.15, 0.2) is 24.3 Å². The largest absolute Gasteiger partial charge is 0.497 e. The third kappa shape index (κ3) is 3.74. The van der Waals surface area contributed by atoms with Gasteiger partial charge in [-0.3, -0.25) is 4.79 Å². The van der Waals surface area contributed by atoms with Crippen LogP contribution in [0.1, 0.15) is 49.8 Å². The van der Waals surface area contributed by atoms with Crippen LogP contribution in [0.2, 0.25) is 0 Å². The summed E-state index contributed by atoms with van der Waals surface area (Å²) in [4.78, 5) is 18.8. The fourth-order valence-electron chi connectivity index (χ4n) is 6.51. The lowest BCUT2D eigenvalue weighted by atomic mass is 9.48. The zero-order valence-electron chi connectivity index (χ0n) is 17.0. The van der Waals surface area contributed by atoms with Crippen molar-refractivity contribution in [2.24, 2.45) is 17.3 Å². The van der Waals surface area contributed by atoms with Gasteiger partial charge < -0.3 is 10.1 Å². The molecule has 6 rings (SSSR count). The summed E-state index contributed by atoms with van der Waals surface area (Å²) in [5, 5.41) is 3.82. The zero-order valence-corrected chi connectivity index (χ0v) is 19.4. The molecule has 4 aliphatic rings. The van der Waals surface area contributed by atoms with E-state index in [0.717, 1.165) is 40.1 Å². The molecule has 4 saturated carbocycles. The number of nitrogens with zero attached hydrogens (tertiary/aromatic N) is 1. The van der Waals surface area contributed by atoms with Crippen LogP contribution < -0.4 is 10.1 Å². The molecule has 2 unspecified atom stereocenters. The van der Waals surface area contributed by atoms with E-state index in [1.54, 1.807) is 18.4 Å². The van der Waals surface area contributed by atoms with Gasteiger partial charge in [0.2, 0.25) is 5.91 Å². The predicted molar refractivity (Wildman–Crippen MR) is 121 cm³/mol. The molecule has 1 N–H and O–H groups in total. The van der Waals surface area contributed by atoms with Crippen LogP contribution in [0, 0.1) is 24.2 Å². The molecule has 4 bridgehead atoms. The Morgan fingerprint density at radius 1 is 1.24 bits per heavy atom. The van der Waals surface area contributed by atoms with Crippen molar-refractivity contribution in [2.45, 2.75) is 56.2 Å². The Kier molecular flexibility index (Phi) is 4.78. The summed E-state index contributed by atoms with van der Waals surface area (Å²) in [5.74, 6) is 2.55. The van der Waals surface area contributed by atoms with Crippen molar-refractivity contribution < 1.29 is 9.53 Å². The molecule has 4 aliphatic carbocycles. The highest BCUT2D eigenvalue weighted by atomic mass is 79.9. The molecule has 6 heteroatoms. The Morgan fingerprint density at radius 3 is 2.55 bits per heavy atom. The number of rotatable bonds is 5. The molecule has 1 aromatic heterocycles.